The number of likely N-dealkylation sites (tertiary alicyclic amines) is 1. The van der Waals surface area contributed by atoms with Gasteiger partial charge in [0.05, 0.1) is 12.7 Å². The zero-order valence-corrected chi connectivity index (χ0v) is 11.0. The van der Waals surface area contributed by atoms with Crippen LogP contribution in [0.3, 0.4) is 0 Å². The van der Waals surface area contributed by atoms with Gasteiger partial charge in [-0.25, -0.2) is 0 Å². The number of aliphatic hydroxyl groups excluding tert-OH is 2. The van der Waals surface area contributed by atoms with E-state index in [1.807, 2.05) is 6.07 Å². The van der Waals surface area contributed by atoms with Crippen molar-refractivity contribution in [3.8, 4) is 0 Å². The summed E-state index contributed by atoms with van der Waals surface area (Å²) >= 11 is 0. The Morgan fingerprint density at radius 3 is 2.72 bits per heavy atom. The molecule has 0 saturated carbocycles. The van der Waals surface area contributed by atoms with Crippen molar-refractivity contribution in [3.63, 3.8) is 0 Å². The van der Waals surface area contributed by atoms with E-state index in [0.29, 0.717) is 12.3 Å². The molecule has 0 amide bonds. The average molecular weight is 249 g/mol. The molecule has 1 heterocycles. The van der Waals surface area contributed by atoms with Gasteiger partial charge in [-0.05, 0) is 24.3 Å². The highest BCUT2D eigenvalue weighted by Gasteiger charge is 2.27. The minimum Gasteiger partial charge on any atom is -0.395 e. The molecule has 0 aromatic heterocycles. The van der Waals surface area contributed by atoms with E-state index in [-0.39, 0.29) is 18.8 Å². The van der Waals surface area contributed by atoms with E-state index in [1.165, 1.54) is 5.56 Å². The summed E-state index contributed by atoms with van der Waals surface area (Å²) in [7, 11) is 0. The quantitative estimate of drug-likeness (QED) is 0.852. The van der Waals surface area contributed by atoms with Crippen LogP contribution in [-0.2, 0) is 0 Å². The van der Waals surface area contributed by atoms with Crippen LogP contribution in [0, 0.1) is 0 Å². The van der Waals surface area contributed by atoms with Gasteiger partial charge in [-0.2, -0.15) is 0 Å². The Bertz CT molecular complexity index is 355. The van der Waals surface area contributed by atoms with Crippen LogP contribution in [0.5, 0.6) is 0 Å². The van der Waals surface area contributed by atoms with Crippen molar-refractivity contribution < 1.29 is 10.2 Å². The molecule has 0 aliphatic carbocycles. The number of hydrogen-bond donors (Lipinski definition) is 2. The first-order chi connectivity index (χ1) is 8.70. The smallest absolute Gasteiger partial charge is 0.0587 e. The van der Waals surface area contributed by atoms with Gasteiger partial charge in [0.2, 0.25) is 0 Å². The number of aliphatic hydroxyl groups is 2. The van der Waals surface area contributed by atoms with Crippen LogP contribution in [0.25, 0.3) is 0 Å². The number of nitrogens with zero attached hydrogens (tertiary/aromatic N) is 1. The summed E-state index contributed by atoms with van der Waals surface area (Å²) in [5, 5.41) is 19.1. The van der Waals surface area contributed by atoms with Crippen molar-refractivity contribution in [1.82, 2.24) is 4.90 Å². The first-order valence-corrected chi connectivity index (χ1v) is 6.78. The van der Waals surface area contributed by atoms with Gasteiger partial charge < -0.3 is 10.2 Å². The maximum atomic E-state index is 9.64. The zero-order chi connectivity index (χ0) is 13.0. The first-order valence-electron chi connectivity index (χ1n) is 6.78. The first kappa shape index (κ1) is 13.5. The van der Waals surface area contributed by atoms with Crippen LogP contribution < -0.4 is 0 Å². The van der Waals surface area contributed by atoms with Crippen molar-refractivity contribution in [1.29, 1.82) is 0 Å². The third kappa shape index (κ3) is 3.31. The lowest BCUT2D eigenvalue weighted by atomic mass is 9.95. The minimum absolute atomic E-state index is 0.111. The fraction of sp³-hybridized carbons (Fsp3) is 0.600. The number of hydrogen-bond acceptors (Lipinski definition) is 3. The molecule has 2 N–H and O–H groups in total. The predicted octanol–water partition coefficient (Wildman–Crippen LogP) is 1.61. The molecule has 3 unspecified atom stereocenters. The van der Waals surface area contributed by atoms with E-state index in [0.717, 1.165) is 19.5 Å². The van der Waals surface area contributed by atoms with E-state index in [4.69, 9.17) is 0 Å². The van der Waals surface area contributed by atoms with Crippen LogP contribution in [0.2, 0.25) is 0 Å². The minimum atomic E-state index is -0.245. The summed E-state index contributed by atoms with van der Waals surface area (Å²) in [6, 6.07) is 10.6. The molecule has 18 heavy (non-hydrogen) atoms. The van der Waals surface area contributed by atoms with E-state index in [2.05, 4.69) is 36.1 Å². The SMILES string of the molecule is CC(CN1CCC(O)CC1CO)c1ccccc1. The molecule has 3 atom stereocenters. The summed E-state index contributed by atoms with van der Waals surface area (Å²) in [6.07, 6.45) is 1.26. The molecular formula is C15H23NO2. The third-order valence-corrected chi connectivity index (χ3v) is 3.90. The third-order valence-electron chi connectivity index (χ3n) is 3.90. The summed E-state index contributed by atoms with van der Waals surface area (Å²) in [4.78, 5) is 2.31. The molecule has 1 aliphatic heterocycles. The molecule has 1 aromatic carbocycles. The second-order valence-corrected chi connectivity index (χ2v) is 5.32. The zero-order valence-electron chi connectivity index (χ0n) is 11.0. The van der Waals surface area contributed by atoms with Gasteiger partial charge in [0.15, 0.2) is 0 Å². The van der Waals surface area contributed by atoms with E-state index in [9.17, 15) is 10.2 Å². The highest BCUT2D eigenvalue weighted by atomic mass is 16.3. The molecule has 3 nitrogen and oxygen atoms in total. The van der Waals surface area contributed by atoms with E-state index >= 15 is 0 Å². The van der Waals surface area contributed by atoms with Crippen molar-refractivity contribution in [2.24, 2.45) is 0 Å². The molecule has 2 rings (SSSR count). The van der Waals surface area contributed by atoms with Crippen molar-refractivity contribution >= 4 is 0 Å². The van der Waals surface area contributed by atoms with Gasteiger partial charge in [0, 0.05) is 19.1 Å². The summed E-state index contributed by atoms with van der Waals surface area (Å²) in [6.45, 7) is 4.18. The van der Waals surface area contributed by atoms with E-state index in [1.54, 1.807) is 0 Å². The maximum absolute atomic E-state index is 9.64. The van der Waals surface area contributed by atoms with Crippen LogP contribution in [0.15, 0.2) is 30.3 Å². The van der Waals surface area contributed by atoms with Gasteiger partial charge in [-0.3, -0.25) is 4.90 Å². The van der Waals surface area contributed by atoms with Crippen LogP contribution in [0.1, 0.15) is 31.2 Å². The second-order valence-electron chi connectivity index (χ2n) is 5.32. The van der Waals surface area contributed by atoms with Crippen LogP contribution in [-0.4, -0.2) is 47.0 Å². The molecule has 0 bridgehead atoms. The molecular weight excluding hydrogens is 226 g/mol. The maximum Gasteiger partial charge on any atom is 0.0587 e. The van der Waals surface area contributed by atoms with Gasteiger partial charge in [0.1, 0.15) is 0 Å². The highest BCUT2D eigenvalue weighted by Crippen LogP contribution is 2.22. The topological polar surface area (TPSA) is 43.7 Å². The Kier molecular flexibility index (Phi) is 4.75. The van der Waals surface area contributed by atoms with Crippen molar-refractivity contribution in [2.45, 2.75) is 37.8 Å². The number of benzene rings is 1. The monoisotopic (exact) mass is 249 g/mol. The fourth-order valence-electron chi connectivity index (χ4n) is 2.75. The normalized spacial score (nSPS) is 27.1. The second kappa shape index (κ2) is 6.32. The van der Waals surface area contributed by atoms with Crippen molar-refractivity contribution in [3.05, 3.63) is 35.9 Å². The Hall–Kier alpha value is -0.900. The lowest BCUT2D eigenvalue weighted by Crippen LogP contribution is -2.47. The molecule has 1 saturated heterocycles. The van der Waals surface area contributed by atoms with Gasteiger partial charge in [0.25, 0.3) is 0 Å². The fourth-order valence-corrected chi connectivity index (χ4v) is 2.75. The number of rotatable bonds is 4. The molecule has 100 valence electrons. The molecule has 3 heteroatoms. The van der Waals surface area contributed by atoms with Crippen LogP contribution >= 0.6 is 0 Å². The molecule has 1 fully saturated rings. The molecule has 0 radical (unpaired) electrons. The standard InChI is InChI=1S/C15H23NO2/c1-12(13-5-3-2-4-6-13)10-16-8-7-15(18)9-14(16)11-17/h2-6,12,14-15,17-18H,7-11H2,1H3. The van der Waals surface area contributed by atoms with E-state index < -0.39 is 0 Å². The van der Waals surface area contributed by atoms with Crippen molar-refractivity contribution in [2.75, 3.05) is 19.7 Å². The highest BCUT2D eigenvalue weighted by molar-refractivity contribution is 5.19. The number of piperidine rings is 1. The molecule has 0 spiro atoms. The van der Waals surface area contributed by atoms with Gasteiger partial charge >= 0.3 is 0 Å². The summed E-state index contributed by atoms with van der Waals surface area (Å²) < 4.78 is 0. The Labute approximate surface area is 109 Å². The Morgan fingerprint density at radius 2 is 2.06 bits per heavy atom. The van der Waals surface area contributed by atoms with Crippen LogP contribution in [0.4, 0.5) is 0 Å². The Morgan fingerprint density at radius 1 is 1.33 bits per heavy atom. The Balaban J connectivity index is 1.96. The lowest BCUT2D eigenvalue weighted by molar-refractivity contribution is 0.0148. The summed E-state index contributed by atoms with van der Waals surface area (Å²) in [5.74, 6) is 0.454. The molecule has 1 aliphatic rings. The average Bonchev–Trinajstić information content (AvgIpc) is 2.41. The lowest BCUT2D eigenvalue weighted by Gasteiger charge is -2.38. The van der Waals surface area contributed by atoms with Gasteiger partial charge in [-0.15, -0.1) is 0 Å². The summed E-state index contributed by atoms with van der Waals surface area (Å²) in [5.41, 5.74) is 1.33. The largest absolute Gasteiger partial charge is 0.395 e. The predicted molar refractivity (Wildman–Crippen MR) is 72.5 cm³/mol. The van der Waals surface area contributed by atoms with Gasteiger partial charge in [-0.1, -0.05) is 37.3 Å². The molecule has 1 aromatic rings.